The maximum Gasteiger partial charge on any atom is 0.133 e. The molecule has 0 saturated heterocycles. The highest BCUT2D eigenvalue weighted by molar-refractivity contribution is 6.43. The molecule has 3 heterocycles. The maximum absolute atomic E-state index is 6.39. The zero-order valence-electron chi connectivity index (χ0n) is 12.4. The molecule has 0 spiro atoms. The summed E-state index contributed by atoms with van der Waals surface area (Å²) >= 11 is 12.6. The highest BCUT2D eigenvalue weighted by atomic mass is 35.5. The highest BCUT2D eigenvalue weighted by Gasteiger charge is 2.25. The van der Waals surface area contributed by atoms with Crippen molar-refractivity contribution in [1.82, 2.24) is 30.1 Å². The van der Waals surface area contributed by atoms with E-state index >= 15 is 0 Å². The fraction of sp³-hybridized carbons (Fsp3) is 0.267. The minimum absolute atomic E-state index is 0.503. The van der Waals surface area contributed by atoms with Crippen LogP contribution in [0, 0.1) is 0 Å². The lowest BCUT2D eigenvalue weighted by Gasteiger charge is -2.16. The SMILES string of the molecule is Cn1cc(-c2nn(-c3cccc(Cl)c3Cl)c3c2CNCC3)nn1. The molecule has 0 atom stereocenters. The second-order valence-corrected chi connectivity index (χ2v) is 6.25. The number of nitrogens with one attached hydrogen (secondary N) is 1. The van der Waals surface area contributed by atoms with Crippen LogP contribution in [-0.2, 0) is 20.0 Å². The van der Waals surface area contributed by atoms with Crippen LogP contribution in [0.5, 0.6) is 0 Å². The molecule has 0 aliphatic carbocycles. The normalized spacial score (nSPS) is 14.0. The van der Waals surface area contributed by atoms with Crippen molar-refractivity contribution >= 4 is 23.2 Å². The topological polar surface area (TPSA) is 60.6 Å². The van der Waals surface area contributed by atoms with Gasteiger partial charge < -0.3 is 5.32 Å². The first-order chi connectivity index (χ1) is 11.1. The molecule has 0 saturated carbocycles. The smallest absolute Gasteiger partial charge is 0.133 e. The number of halogens is 2. The first-order valence-corrected chi connectivity index (χ1v) is 8.03. The van der Waals surface area contributed by atoms with Gasteiger partial charge in [0.2, 0.25) is 0 Å². The van der Waals surface area contributed by atoms with E-state index in [4.69, 9.17) is 28.3 Å². The van der Waals surface area contributed by atoms with E-state index in [0.29, 0.717) is 10.0 Å². The molecule has 2 aromatic heterocycles. The number of aromatic nitrogens is 5. The maximum atomic E-state index is 6.39. The number of nitrogens with zero attached hydrogens (tertiary/aromatic N) is 5. The lowest BCUT2D eigenvalue weighted by Crippen LogP contribution is -2.24. The third-order valence-electron chi connectivity index (χ3n) is 3.93. The number of rotatable bonds is 2. The van der Waals surface area contributed by atoms with Crippen molar-refractivity contribution in [3.8, 4) is 17.1 Å². The molecule has 1 aromatic carbocycles. The predicted molar refractivity (Wildman–Crippen MR) is 89.0 cm³/mol. The van der Waals surface area contributed by atoms with Crippen LogP contribution in [0.4, 0.5) is 0 Å². The lowest BCUT2D eigenvalue weighted by molar-refractivity contribution is 0.623. The summed E-state index contributed by atoms with van der Waals surface area (Å²) in [6.45, 7) is 1.65. The van der Waals surface area contributed by atoms with E-state index in [0.717, 1.165) is 47.8 Å². The van der Waals surface area contributed by atoms with Gasteiger partial charge in [-0.2, -0.15) is 5.10 Å². The Morgan fingerprint density at radius 1 is 1.26 bits per heavy atom. The molecule has 4 rings (SSSR count). The third-order valence-corrected chi connectivity index (χ3v) is 4.74. The van der Waals surface area contributed by atoms with Crippen molar-refractivity contribution in [3.05, 3.63) is 45.7 Å². The average Bonchev–Trinajstić information content (AvgIpc) is 3.14. The number of hydrogen-bond donors (Lipinski definition) is 1. The van der Waals surface area contributed by atoms with E-state index in [9.17, 15) is 0 Å². The molecular formula is C15H14Cl2N6. The second-order valence-electron chi connectivity index (χ2n) is 5.46. The van der Waals surface area contributed by atoms with Gasteiger partial charge in [-0.15, -0.1) is 5.10 Å². The molecule has 6 nitrogen and oxygen atoms in total. The van der Waals surface area contributed by atoms with Gasteiger partial charge in [0.1, 0.15) is 11.4 Å². The quantitative estimate of drug-likeness (QED) is 0.773. The van der Waals surface area contributed by atoms with Gasteiger partial charge in [-0.25, -0.2) is 4.68 Å². The zero-order chi connectivity index (χ0) is 16.0. The van der Waals surface area contributed by atoms with E-state index in [1.165, 1.54) is 0 Å². The third kappa shape index (κ3) is 2.43. The van der Waals surface area contributed by atoms with Gasteiger partial charge in [-0.3, -0.25) is 4.68 Å². The van der Waals surface area contributed by atoms with Gasteiger partial charge in [-0.05, 0) is 12.1 Å². The molecule has 0 bridgehead atoms. The Kier molecular flexibility index (Phi) is 3.60. The van der Waals surface area contributed by atoms with Crippen molar-refractivity contribution in [2.24, 2.45) is 7.05 Å². The van der Waals surface area contributed by atoms with Crippen molar-refractivity contribution in [1.29, 1.82) is 0 Å². The van der Waals surface area contributed by atoms with Crippen molar-refractivity contribution < 1.29 is 0 Å². The standard InChI is InChI=1S/C15H14Cl2N6/c1-22-8-11(19-21-22)15-9-7-18-6-5-12(9)23(20-15)13-4-2-3-10(16)14(13)17/h2-4,8,18H,5-7H2,1H3. The highest BCUT2D eigenvalue weighted by Crippen LogP contribution is 2.33. The van der Waals surface area contributed by atoms with Gasteiger partial charge in [0, 0.05) is 32.1 Å². The summed E-state index contributed by atoms with van der Waals surface area (Å²) in [4.78, 5) is 0. The van der Waals surface area contributed by atoms with Gasteiger partial charge in [0.05, 0.1) is 27.6 Å². The Labute approximate surface area is 143 Å². The molecule has 3 aromatic rings. The predicted octanol–water partition coefficient (Wildman–Crippen LogP) is 2.62. The zero-order valence-corrected chi connectivity index (χ0v) is 13.9. The summed E-state index contributed by atoms with van der Waals surface area (Å²) in [5.74, 6) is 0. The van der Waals surface area contributed by atoms with Crippen molar-refractivity contribution in [2.45, 2.75) is 13.0 Å². The van der Waals surface area contributed by atoms with Crippen LogP contribution < -0.4 is 5.32 Å². The van der Waals surface area contributed by atoms with Crippen molar-refractivity contribution in [2.75, 3.05) is 6.54 Å². The van der Waals surface area contributed by atoms with E-state index in [2.05, 4.69) is 15.6 Å². The Bertz CT molecular complexity index is 882. The fourth-order valence-electron chi connectivity index (χ4n) is 2.86. The molecule has 1 N–H and O–H groups in total. The Morgan fingerprint density at radius 2 is 2.13 bits per heavy atom. The van der Waals surface area contributed by atoms with Crippen LogP contribution in [-0.4, -0.2) is 31.3 Å². The lowest BCUT2D eigenvalue weighted by atomic mass is 10.1. The van der Waals surface area contributed by atoms with Gasteiger partial charge >= 0.3 is 0 Å². The van der Waals surface area contributed by atoms with Crippen LogP contribution in [0.25, 0.3) is 17.1 Å². The van der Waals surface area contributed by atoms with E-state index < -0.39 is 0 Å². The van der Waals surface area contributed by atoms with E-state index in [1.807, 2.05) is 30.1 Å². The Balaban J connectivity index is 1.94. The minimum atomic E-state index is 0.503. The molecule has 8 heteroatoms. The number of fused-ring (bicyclic) bond motifs is 1. The molecular weight excluding hydrogens is 335 g/mol. The second kappa shape index (κ2) is 5.63. The minimum Gasteiger partial charge on any atom is -0.312 e. The molecule has 1 aliphatic heterocycles. The number of benzene rings is 1. The summed E-state index contributed by atoms with van der Waals surface area (Å²) in [5.41, 5.74) is 4.63. The molecule has 0 fully saturated rings. The molecule has 0 radical (unpaired) electrons. The fourth-order valence-corrected chi connectivity index (χ4v) is 3.24. The van der Waals surface area contributed by atoms with E-state index in [1.54, 1.807) is 10.7 Å². The molecule has 0 unspecified atom stereocenters. The van der Waals surface area contributed by atoms with Crippen LogP contribution in [0.1, 0.15) is 11.3 Å². The van der Waals surface area contributed by atoms with E-state index in [-0.39, 0.29) is 0 Å². The molecule has 1 aliphatic rings. The average molecular weight is 349 g/mol. The first-order valence-electron chi connectivity index (χ1n) is 7.27. The summed E-state index contributed by atoms with van der Waals surface area (Å²) in [6.07, 6.45) is 2.73. The Morgan fingerprint density at radius 3 is 2.91 bits per heavy atom. The Hall–Kier alpha value is -1.89. The monoisotopic (exact) mass is 348 g/mol. The van der Waals surface area contributed by atoms with Crippen LogP contribution in [0.2, 0.25) is 10.0 Å². The largest absolute Gasteiger partial charge is 0.312 e. The summed E-state index contributed by atoms with van der Waals surface area (Å²) in [7, 11) is 1.84. The number of hydrogen-bond acceptors (Lipinski definition) is 4. The summed E-state index contributed by atoms with van der Waals surface area (Å²) in [5, 5.41) is 17.4. The van der Waals surface area contributed by atoms with Crippen LogP contribution in [0.15, 0.2) is 24.4 Å². The first kappa shape index (κ1) is 14.7. The van der Waals surface area contributed by atoms with Gasteiger partial charge in [0.15, 0.2) is 0 Å². The molecule has 0 amide bonds. The summed E-state index contributed by atoms with van der Waals surface area (Å²) in [6, 6.07) is 5.57. The van der Waals surface area contributed by atoms with Crippen molar-refractivity contribution in [3.63, 3.8) is 0 Å². The van der Waals surface area contributed by atoms with Gasteiger partial charge in [-0.1, -0.05) is 34.5 Å². The number of aryl methyl sites for hydroxylation is 1. The van der Waals surface area contributed by atoms with Crippen LogP contribution in [0.3, 0.4) is 0 Å². The summed E-state index contributed by atoms with van der Waals surface area (Å²) < 4.78 is 3.55. The molecule has 118 valence electrons. The molecule has 23 heavy (non-hydrogen) atoms. The van der Waals surface area contributed by atoms with Gasteiger partial charge in [0.25, 0.3) is 0 Å². The van der Waals surface area contributed by atoms with Crippen LogP contribution >= 0.6 is 23.2 Å².